The lowest BCUT2D eigenvalue weighted by Crippen LogP contribution is -2.27. The van der Waals surface area contributed by atoms with Gasteiger partial charge in [-0.1, -0.05) is 7.43 Å². The number of azo groups is 1. The number of aryl methyl sites for hydroxylation is 2. The lowest BCUT2D eigenvalue weighted by Gasteiger charge is -2.01. The summed E-state index contributed by atoms with van der Waals surface area (Å²) in [6.07, 6.45) is 4.95. The highest BCUT2D eigenvalue weighted by Crippen LogP contribution is 2.14. The Morgan fingerprint density at radius 3 is 2.54 bits per heavy atom. The Morgan fingerprint density at radius 2 is 1.83 bits per heavy atom. The van der Waals surface area contributed by atoms with Crippen LogP contribution in [0.4, 0.5) is 5.82 Å². The van der Waals surface area contributed by atoms with Crippen LogP contribution in [0.1, 0.15) is 7.43 Å². The minimum atomic E-state index is 0. The fourth-order valence-corrected chi connectivity index (χ4v) is 1.72. The molecule has 0 aliphatic carbocycles. The first-order valence-electron chi connectivity index (χ1n) is 6.85. The molecule has 8 heteroatoms. The predicted molar refractivity (Wildman–Crippen MR) is 91.4 cm³/mol. The third kappa shape index (κ3) is 5.01. The number of hydrogen-bond donors (Lipinski definition) is 0. The molecule has 0 spiro atoms. The summed E-state index contributed by atoms with van der Waals surface area (Å²) in [5, 5.41) is 15.9. The van der Waals surface area contributed by atoms with Crippen LogP contribution in [-0.2, 0) is 14.1 Å². The molecule has 0 bridgehead atoms. The summed E-state index contributed by atoms with van der Waals surface area (Å²) < 4.78 is 13.9. The van der Waals surface area contributed by atoms with E-state index in [4.69, 9.17) is 9.47 Å². The van der Waals surface area contributed by atoms with Crippen molar-refractivity contribution in [2.75, 3.05) is 14.2 Å². The summed E-state index contributed by atoms with van der Waals surface area (Å²) in [4.78, 5) is 0. The quantitative estimate of drug-likeness (QED) is 0.277. The van der Waals surface area contributed by atoms with E-state index in [0.717, 1.165) is 0 Å². The Labute approximate surface area is 141 Å². The molecule has 0 aromatic carbocycles. The van der Waals surface area contributed by atoms with E-state index in [1.165, 1.54) is 6.34 Å². The van der Waals surface area contributed by atoms with Crippen LogP contribution < -0.4 is 19.5 Å². The summed E-state index contributed by atoms with van der Waals surface area (Å²) in [5.41, 5.74) is 0.641. The average molecular weight is 331 g/mol. The van der Waals surface area contributed by atoms with Crippen molar-refractivity contribution in [2.45, 2.75) is 7.43 Å². The molecule has 2 rings (SSSR count). The summed E-state index contributed by atoms with van der Waals surface area (Å²) >= 11 is 0. The van der Waals surface area contributed by atoms with Crippen LogP contribution in [0.5, 0.6) is 11.5 Å². The molecule has 0 fully saturated rings. The molecule has 0 N–H and O–H groups in total. The van der Waals surface area contributed by atoms with E-state index in [0.29, 0.717) is 22.8 Å². The highest BCUT2D eigenvalue weighted by Gasteiger charge is 2.07. The maximum atomic E-state index is 5.15. The van der Waals surface area contributed by atoms with E-state index >= 15 is 0 Å². The number of rotatable bonds is 5. The van der Waals surface area contributed by atoms with Gasteiger partial charge in [-0.25, -0.2) is 4.57 Å². The molecule has 2 aromatic rings. The Balaban J connectivity index is 0.00000288. The highest BCUT2D eigenvalue weighted by atomic mass is 16.5. The molecule has 0 amide bonds. The average Bonchev–Trinajstić information content (AvgIpc) is 2.57. The van der Waals surface area contributed by atoms with Crippen molar-refractivity contribution in [1.29, 1.82) is 0 Å². The standard InChI is InChI=1S/C15H19N6O2.CH4/c1-20-7-5-12(22-3)9-14(20)18-16-11-17-19-15-10-13(23-4)6-8-21(15)2;/h5-11H,1-4H3;1H4/q+1;. The van der Waals surface area contributed by atoms with E-state index in [1.54, 1.807) is 26.4 Å². The van der Waals surface area contributed by atoms with Gasteiger partial charge < -0.3 is 14.0 Å². The van der Waals surface area contributed by atoms with Gasteiger partial charge in [-0.05, 0) is 11.2 Å². The molecule has 0 radical (unpaired) electrons. The second-order valence-electron chi connectivity index (χ2n) is 4.62. The largest absolute Gasteiger partial charge is 0.497 e. The fraction of sp³-hybridized carbons (Fsp3) is 0.312. The van der Waals surface area contributed by atoms with Crippen molar-refractivity contribution in [1.82, 2.24) is 4.57 Å². The second-order valence-corrected chi connectivity index (χ2v) is 4.62. The summed E-state index contributed by atoms with van der Waals surface area (Å²) in [5.74, 6) is 2.06. The molecule has 0 saturated heterocycles. The minimum Gasteiger partial charge on any atom is -0.497 e. The maximum Gasteiger partial charge on any atom is 0.354 e. The minimum absolute atomic E-state index is 0. The van der Waals surface area contributed by atoms with Crippen molar-refractivity contribution in [3.8, 4) is 11.5 Å². The van der Waals surface area contributed by atoms with Crippen LogP contribution >= 0.6 is 0 Å². The van der Waals surface area contributed by atoms with E-state index in [9.17, 15) is 0 Å². The number of aromatic nitrogens is 2. The Morgan fingerprint density at radius 1 is 1.12 bits per heavy atom. The second kappa shape index (κ2) is 9.19. The van der Waals surface area contributed by atoms with Gasteiger partial charge in [-0.15, -0.1) is 10.2 Å². The zero-order valence-corrected chi connectivity index (χ0v) is 13.5. The number of hydrogen-bond acceptors (Lipinski definition) is 5. The lowest BCUT2D eigenvalue weighted by molar-refractivity contribution is -0.658. The molecular weight excluding hydrogens is 308 g/mol. The molecule has 8 nitrogen and oxygen atoms in total. The Bertz CT molecular complexity index is 795. The number of ether oxygens (including phenoxy) is 2. The summed E-state index contributed by atoms with van der Waals surface area (Å²) in [7, 11) is 6.94. The molecule has 2 heterocycles. The van der Waals surface area contributed by atoms with Crippen LogP contribution in [0.25, 0.3) is 0 Å². The van der Waals surface area contributed by atoms with E-state index in [1.807, 2.05) is 47.8 Å². The molecule has 0 aliphatic heterocycles. The SMILES string of the molecule is C.COc1cc[n+](C)c(N=N/C=N/N=c2\cc(OC)ccn2C)c1. The summed E-state index contributed by atoms with van der Waals surface area (Å²) in [6.45, 7) is 0. The van der Waals surface area contributed by atoms with Gasteiger partial charge in [0.05, 0.1) is 38.6 Å². The third-order valence-corrected chi connectivity index (χ3v) is 3.09. The zero-order chi connectivity index (χ0) is 16.7. The van der Waals surface area contributed by atoms with Crippen molar-refractivity contribution in [3.63, 3.8) is 0 Å². The van der Waals surface area contributed by atoms with Gasteiger partial charge in [0.2, 0.25) is 0 Å². The van der Waals surface area contributed by atoms with E-state index in [-0.39, 0.29) is 7.43 Å². The van der Waals surface area contributed by atoms with Crippen LogP contribution in [0.2, 0.25) is 0 Å². The first kappa shape index (κ1) is 19.0. The number of pyridine rings is 2. The Hall–Kier alpha value is -3.03. The van der Waals surface area contributed by atoms with Crippen LogP contribution in [-0.4, -0.2) is 25.1 Å². The van der Waals surface area contributed by atoms with Crippen molar-refractivity contribution in [3.05, 3.63) is 42.1 Å². The molecule has 128 valence electrons. The normalized spacial score (nSPS) is 11.8. The first-order valence-corrected chi connectivity index (χ1v) is 6.85. The molecular formula is C16H23N6O2+. The maximum absolute atomic E-state index is 5.15. The third-order valence-electron chi connectivity index (χ3n) is 3.09. The zero-order valence-electron chi connectivity index (χ0n) is 13.5. The van der Waals surface area contributed by atoms with Gasteiger partial charge in [0.25, 0.3) is 0 Å². The van der Waals surface area contributed by atoms with Gasteiger partial charge >= 0.3 is 5.82 Å². The van der Waals surface area contributed by atoms with E-state index < -0.39 is 0 Å². The van der Waals surface area contributed by atoms with Crippen LogP contribution in [0.3, 0.4) is 0 Å². The molecule has 0 saturated carbocycles. The van der Waals surface area contributed by atoms with Gasteiger partial charge in [-0.3, -0.25) is 0 Å². The number of nitrogens with zero attached hydrogens (tertiary/aromatic N) is 6. The molecule has 0 aliphatic rings. The topological polar surface area (TPSA) is 76.7 Å². The van der Waals surface area contributed by atoms with Crippen molar-refractivity contribution < 1.29 is 14.0 Å². The van der Waals surface area contributed by atoms with Gasteiger partial charge in [0, 0.05) is 25.4 Å². The van der Waals surface area contributed by atoms with Crippen LogP contribution in [0.15, 0.2) is 57.1 Å². The van der Waals surface area contributed by atoms with Gasteiger partial charge in [0.15, 0.2) is 11.8 Å². The predicted octanol–water partition coefficient (Wildman–Crippen LogP) is 2.13. The van der Waals surface area contributed by atoms with Crippen LogP contribution in [0, 0.1) is 0 Å². The number of methoxy groups -OCH3 is 2. The lowest BCUT2D eigenvalue weighted by atomic mass is 10.4. The monoisotopic (exact) mass is 331 g/mol. The fourth-order valence-electron chi connectivity index (χ4n) is 1.72. The van der Waals surface area contributed by atoms with Gasteiger partial charge in [-0.2, -0.15) is 0 Å². The van der Waals surface area contributed by atoms with E-state index in [2.05, 4.69) is 20.4 Å². The molecule has 0 atom stereocenters. The van der Waals surface area contributed by atoms with Crippen molar-refractivity contribution >= 4 is 12.2 Å². The highest BCUT2D eigenvalue weighted by molar-refractivity contribution is 5.54. The smallest absolute Gasteiger partial charge is 0.354 e. The molecule has 0 unspecified atom stereocenters. The summed E-state index contributed by atoms with van der Waals surface area (Å²) in [6, 6.07) is 7.23. The molecule has 2 aromatic heterocycles. The van der Waals surface area contributed by atoms with Crippen molar-refractivity contribution in [2.24, 2.45) is 34.5 Å². The van der Waals surface area contributed by atoms with Gasteiger partial charge in [0.1, 0.15) is 11.5 Å². The Kier molecular flexibility index (Phi) is 7.28. The first-order chi connectivity index (χ1) is 11.1. The molecule has 24 heavy (non-hydrogen) atoms.